The molecular formula is C22H21FN4O2. The van der Waals surface area contributed by atoms with Gasteiger partial charge in [-0.2, -0.15) is 0 Å². The fourth-order valence-electron chi connectivity index (χ4n) is 3.43. The fraction of sp³-hybridized carbons (Fsp3) is 0.273. The zero-order valence-corrected chi connectivity index (χ0v) is 16.1. The number of carbonyl (C=O) groups is 1. The van der Waals surface area contributed by atoms with Crippen LogP contribution in [0.5, 0.6) is 11.6 Å². The van der Waals surface area contributed by atoms with Crippen molar-refractivity contribution in [2.24, 2.45) is 0 Å². The number of amides is 1. The van der Waals surface area contributed by atoms with Gasteiger partial charge in [0.25, 0.3) is 5.91 Å². The van der Waals surface area contributed by atoms with Gasteiger partial charge in [-0.15, -0.1) is 0 Å². The maximum Gasteiger partial charge on any atom is 0.255 e. The summed E-state index contributed by atoms with van der Waals surface area (Å²) in [5.41, 5.74) is 2.19. The molecule has 29 heavy (non-hydrogen) atoms. The lowest BCUT2D eigenvalue weighted by molar-refractivity contribution is 0.0705. The summed E-state index contributed by atoms with van der Waals surface area (Å²) in [5.74, 6) is -0.109. The number of aromatic nitrogens is 3. The first kappa shape index (κ1) is 19.0. The van der Waals surface area contributed by atoms with E-state index in [0.29, 0.717) is 18.7 Å². The Labute approximate surface area is 168 Å². The van der Waals surface area contributed by atoms with Crippen LogP contribution in [-0.4, -0.2) is 38.8 Å². The van der Waals surface area contributed by atoms with Crippen LogP contribution in [0.3, 0.4) is 0 Å². The molecule has 148 valence electrons. The first-order valence-electron chi connectivity index (χ1n) is 9.56. The molecule has 1 fully saturated rings. The summed E-state index contributed by atoms with van der Waals surface area (Å²) >= 11 is 0. The lowest BCUT2D eigenvalue weighted by Crippen LogP contribution is -2.39. The highest BCUT2D eigenvalue weighted by Crippen LogP contribution is 2.28. The average Bonchev–Trinajstić information content (AvgIpc) is 2.76. The fourth-order valence-corrected chi connectivity index (χ4v) is 3.43. The summed E-state index contributed by atoms with van der Waals surface area (Å²) in [6.07, 6.45) is 6.52. The Morgan fingerprint density at radius 1 is 1.17 bits per heavy atom. The second-order valence-electron chi connectivity index (χ2n) is 7.09. The molecule has 6 nitrogen and oxygen atoms in total. The van der Waals surface area contributed by atoms with Gasteiger partial charge in [-0.1, -0.05) is 12.1 Å². The molecule has 3 heterocycles. The number of nitrogens with zero attached hydrogens (tertiary/aromatic N) is 4. The Morgan fingerprint density at radius 3 is 2.83 bits per heavy atom. The van der Waals surface area contributed by atoms with Crippen molar-refractivity contribution < 1.29 is 13.9 Å². The smallest absolute Gasteiger partial charge is 0.255 e. The normalized spacial score (nSPS) is 16.5. The van der Waals surface area contributed by atoms with Crippen LogP contribution in [0.2, 0.25) is 0 Å². The van der Waals surface area contributed by atoms with Crippen LogP contribution in [0.15, 0.2) is 55.0 Å². The van der Waals surface area contributed by atoms with E-state index in [1.807, 2.05) is 17.9 Å². The van der Waals surface area contributed by atoms with Gasteiger partial charge < -0.3 is 9.64 Å². The highest BCUT2D eigenvalue weighted by molar-refractivity contribution is 5.94. The molecule has 0 radical (unpaired) electrons. The van der Waals surface area contributed by atoms with Crippen molar-refractivity contribution in [3.8, 4) is 11.6 Å². The molecule has 1 aliphatic rings. The second kappa shape index (κ2) is 8.34. The molecular weight excluding hydrogens is 371 g/mol. The molecule has 0 spiro atoms. The average molecular weight is 392 g/mol. The minimum Gasteiger partial charge on any atom is -0.434 e. The predicted molar refractivity (Wildman–Crippen MR) is 105 cm³/mol. The number of ether oxygens (including phenoxy) is 1. The minimum absolute atomic E-state index is 0.0334. The van der Waals surface area contributed by atoms with E-state index in [-0.39, 0.29) is 23.5 Å². The summed E-state index contributed by atoms with van der Waals surface area (Å²) in [6.45, 7) is 3.13. The van der Waals surface area contributed by atoms with Crippen molar-refractivity contribution in [2.45, 2.75) is 25.7 Å². The number of benzene rings is 1. The van der Waals surface area contributed by atoms with Crippen LogP contribution >= 0.6 is 0 Å². The van der Waals surface area contributed by atoms with Crippen molar-refractivity contribution >= 4 is 5.91 Å². The van der Waals surface area contributed by atoms with Crippen molar-refractivity contribution in [1.82, 2.24) is 19.9 Å². The Hall–Kier alpha value is -3.35. The van der Waals surface area contributed by atoms with Gasteiger partial charge in [0.2, 0.25) is 5.88 Å². The molecule has 0 saturated carbocycles. The summed E-state index contributed by atoms with van der Waals surface area (Å²) in [6, 6.07) is 9.81. The molecule has 7 heteroatoms. The summed E-state index contributed by atoms with van der Waals surface area (Å²) in [5, 5.41) is 0. The number of rotatable bonds is 4. The number of hydrogen-bond acceptors (Lipinski definition) is 5. The first-order chi connectivity index (χ1) is 14.1. The van der Waals surface area contributed by atoms with E-state index < -0.39 is 5.82 Å². The molecule has 2 aromatic heterocycles. The summed E-state index contributed by atoms with van der Waals surface area (Å²) in [7, 11) is 0. The van der Waals surface area contributed by atoms with E-state index in [1.54, 1.807) is 36.7 Å². The zero-order valence-electron chi connectivity index (χ0n) is 16.1. The van der Waals surface area contributed by atoms with Gasteiger partial charge in [-0.25, -0.2) is 9.37 Å². The quantitative estimate of drug-likeness (QED) is 0.668. The predicted octanol–water partition coefficient (Wildman–Crippen LogP) is 4.13. The third kappa shape index (κ3) is 4.39. The number of carbonyl (C=O) groups excluding carboxylic acids is 1. The Balaban J connectivity index is 1.49. The van der Waals surface area contributed by atoms with Crippen LogP contribution < -0.4 is 4.74 Å². The highest BCUT2D eigenvalue weighted by atomic mass is 19.1. The zero-order chi connectivity index (χ0) is 20.2. The Morgan fingerprint density at radius 2 is 2.03 bits per heavy atom. The third-order valence-corrected chi connectivity index (χ3v) is 4.97. The van der Waals surface area contributed by atoms with Gasteiger partial charge in [0.05, 0.1) is 17.5 Å². The van der Waals surface area contributed by atoms with Crippen LogP contribution in [-0.2, 0) is 0 Å². The Bertz CT molecular complexity index is 1010. The van der Waals surface area contributed by atoms with Gasteiger partial charge in [0.1, 0.15) is 0 Å². The van der Waals surface area contributed by atoms with Gasteiger partial charge in [0.15, 0.2) is 11.6 Å². The number of aryl methyl sites for hydroxylation is 1. The van der Waals surface area contributed by atoms with Gasteiger partial charge >= 0.3 is 0 Å². The largest absolute Gasteiger partial charge is 0.434 e. The number of pyridine rings is 1. The standard InChI is InChI=1S/C22H21FN4O2/c1-15-8-9-16(11-25-15)22(28)27-10-4-5-17(14-27)19-12-24-13-21(26-19)29-20-7-3-2-6-18(20)23/h2-3,6-9,11-13,17H,4-5,10,14H2,1H3/t17-/m1/s1. The van der Waals surface area contributed by atoms with E-state index in [4.69, 9.17) is 4.74 Å². The number of halogens is 1. The molecule has 1 aromatic carbocycles. The summed E-state index contributed by atoms with van der Waals surface area (Å²) < 4.78 is 19.4. The molecule has 1 atom stereocenters. The van der Waals surface area contributed by atoms with Crippen molar-refractivity contribution in [1.29, 1.82) is 0 Å². The Kier molecular flexibility index (Phi) is 5.46. The number of para-hydroxylation sites is 1. The van der Waals surface area contributed by atoms with Crippen molar-refractivity contribution in [3.05, 3.63) is 77.8 Å². The van der Waals surface area contributed by atoms with Gasteiger partial charge in [-0.3, -0.25) is 14.8 Å². The first-order valence-corrected chi connectivity index (χ1v) is 9.56. The molecule has 1 aliphatic heterocycles. The molecule has 1 saturated heterocycles. The van der Waals surface area contributed by atoms with E-state index >= 15 is 0 Å². The summed E-state index contributed by atoms with van der Waals surface area (Å²) in [4.78, 5) is 27.6. The molecule has 0 unspecified atom stereocenters. The molecule has 3 aromatic rings. The van der Waals surface area contributed by atoms with Crippen molar-refractivity contribution in [2.75, 3.05) is 13.1 Å². The van der Waals surface area contributed by atoms with E-state index in [2.05, 4.69) is 15.0 Å². The van der Waals surface area contributed by atoms with Crippen LogP contribution in [0.4, 0.5) is 4.39 Å². The van der Waals surface area contributed by atoms with Crippen LogP contribution in [0.1, 0.15) is 40.5 Å². The lowest BCUT2D eigenvalue weighted by atomic mass is 9.94. The maximum absolute atomic E-state index is 13.8. The number of likely N-dealkylation sites (tertiary alicyclic amines) is 1. The SMILES string of the molecule is Cc1ccc(C(=O)N2CCC[C@@H](c3cncc(Oc4ccccc4F)n3)C2)cn1. The van der Waals surface area contributed by atoms with Crippen LogP contribution in [0.25, 0.3) is 0 Å². The molecule has 0 bridgehead atoms. The van der Waals surface area contributed by atoms with E-state index in [9.17, 15) is 9.18 Å². The maximum atomic E-state index is 13.8. The number of hydrogen-bond donors (Lipinski definition) is 0. The second-order valence-corrected chi connectivity index (χ2v) is 7.09. The molecule has 0 N–H and O–H groups in total. The van der Waals surface area contributed by atoms with Gasteiger partial charge in [-0.05, 0) is 44.0 Å². The topological polar surface area (TPSA) is 68.2 Å². The number of piperidine rings is 1. The highest BCUT2D eigenvalue weighted by Gasteiger charge is 2.27. The van der Waals surface area contributed by atoms with Crippen LogP contribution in [0, 0.1) is 12.7 Å². The lowest BCUT2D eigenvalue weighted by Gasteiger charge is -2.32. The van der Waals surface area contributed by atoms with E-state index in [1.165, 1.54) is 12.3 Å². The third-order valence-electron chi connectivity index (χ3n) is 4.97. The molecule has 1 amide bonds. The van der Waals surface area contributed by atoms with Crippen molar-refractivity contribution in [3.63, 3.8) is 0 Å². The van der Waals surface area contributed by atoms with E-state index in [0.717, 1.165) is 24.2 Å². The molecule has 0 aliphatic carbocycles. The molecule has 4 rings (SSSR count). The van der Waals surface area contributed by atoms with Gasteiger partial charge in [0, 0.05) is 37.1 Å². The monoisotopic (exact) mass is 392 g/mol. The minimum atomic E-state index is -0.458.